The zero-order valence-corrected chi connectivity index (χ0v) is 17.3. The van der Waals surface area contributed by atoms with Gasteiger partial charge in [0.2, 0.25) is 5.95 Å². The van der Waals surface area contributed by atoms with Gasteiger partial charge in [-0.2, -0.15) is 0 Å². The van der Waals surface area contributed by atoms with Crippen molar-refractivity contribution in [1.82, 2.24) is 9.55 Å². The summed E-state index contributed by atoms with van der Waals surface area (Å²) >= 11 is 1.49. The number of nitrogens with one attached hydrogen (secondary N) is 1. The number of rotatable bonds is 3. The molecule has 0 amide bonds. The lowest BCUT2D eigenvalue weighted by molar-refractivity contribution is 0.621. The first-order chi connectivity index (χ1) is 13.3. The van der Waals surface area contributed by atoms with Gasteiger partial charge in [0.05, 0.1) is 11.2 Å². The molecule has 0 fully saturated rings. The zero-order valence-electron chi connectivity index (χ0n) is 16.5. The third-order valence-electron chi connectivity index (χ3n) is 4.39. The lowest BCUT2D eigenvalue weighted by Crippen LogP contribution is -2.32. The van der Waals surface area contributed by atoms with Crippen LogP contribution in [0, 0.1) is 6.92 Å². The van der Waals surface area contributed by atoms with Crippen molar-refractivity contribution in [3.05, 3.63) is 76.6 Å². The van der Waals surface area contributed by atoms with Crippen LogP contribution in [-0.4, -0.2) is 15.1 Å². The number of hydrogen-bond donors (Lipinski definition) is 1. The number of nitrogens with zero attached hydrogens (tertiary/aromatic N) is 2. The first-order valence-electron chi connectivity index (χ1n) is 9.29. The Morgan fingerprint density at radius 3 is 2.32 bits per heavy atom. The van der Waals surface area contributed by atoms with Crippen LogP contribution in [0.1, 0.15) is 26.3 Å². The molecule has 0 aliphatic carbocycles. The van der Waals surface area contributed by atoms with Gasteiger partial charge in [-0.3, -0.25) is 4.79 Å². The Bertz CT molecular complexity index is 1180. The molecular formula is C23H23N3OS. The van der Waals surface area contributed by atoms with Gasteiger partial charge < -0.3 is 5.32 Å². The van der Waals surface area contributed by atoms with Crippen molar-refractivity contribution in [2.75, 3.05) is 5.32 Å². The number of aryl methyl sites for hydroxylation is 1. The van der Waals surface area contributed by atoms with Crippen molar-refractivity contribution in [1.29, 1.82) is 0 Å². The highest BCUT2D eigenvalue weighted by Crippen LogP contribution is 2.32. The van der Waals surface area contributed by atoms with E-state index in [0.717, 1.165) is 21.6 Å². The van der Waals surface area contributed by atoms with Crippen LogP contribution < -0.4 is 10.9 Å². The molecule has 1 N–H and O–H groups in total. The molecule has 0 aliphatic heterocycles. The van der Waals surface area contributed by atoms with Crippen LogP contribution in [0.3, 0.4) is 0 Å². The minimum absolute atomic E-state index is 0.0497. The summed E-state index contributed by atoms with van der Waals surface area (Å²) in [7, 11) is 0. The van der Waals surface area contributed by atoms with Gasteiger partial charge in [0.15, 0.2) is 0 Å². The van der Waals surface area contributed by atoms with Crippen LogP contribution in [0.5, 0.6) is 0 Å². The molecule has 2 aromatic carbocycles. The predicted octanol–water partition coefficient (Wildman–Crippen LogP) is 5.63. The van der Waals surface area contributed by atoms with Gasteiger partial charge in [-0.15, -0.1) is 11.3 Å². The maximum absolute atomic E-state index is 13.4. The van der Waals surface area contributed by atoms with Crippen LogP contribution in [-0.2, 0) is 0 Å². The molecular weight excluding hydrogens is 366 g/mol. The zero-order chi connectivity index (χ0) is 19.9. The Morgan fingerprint density at radius 2 is 1.68 bits per heavy atom. The first kappa shape index (κ1) is 18.4. The standard InChI is InChI=1S/C23H23N3OS/c1-15-10-12-16(13-11-15)19-14-18-20(28-19)21(27)26(17-8-6-5-7-9-17)22(24-18)25-23(2,3)4/h5-14H,1-4H3,(H,24,25). The van der Waals surface area contributed by atoms with Gasteiger partial charge in [0.1, 0.15) is 4.70 Å². The molecule has 2 aromatic heterocycles. The number of thiophene rings is 1. The summed E-state index contributed by atoms with van der Waals surface area (Å²) in [5, 5.41) is 3.39. The third-order valence-corrected chi connectivity index (χ3v) is 5.55. The average molecular weight is 390 g/mol. The minimum atomic E-state index is -0.223. The third kappa shape index (κ3) is 3.58. The molecule has 0 saturated carbocycles. The van der Waals surface area contributed by atoms with Gasteiger partial charge >= 0.3 is 0 Å². The molecule has 0 unspecified atom stereocenters. The lowest BCUT2D eigenvalue weighted by Gasteiger charge is -2.23. The number of anilines is 1. The lowest BCUT2D eigenvalue weighted by atomic mass is 10.1. The van der Waals surface area contributed by atoms with Crippen molar-refractivity contribution >= 4 is 27.5 Å². The summed E-state index contributed by atoms with van der Waals surface area (Å²) in [5.74, 6) is 0.560. The molecule has 2 heterocycles. The highest BCUT2D eigenvalue weighted by atomic mass is 32.1. The second kappa shape index (κ2) is 6.91. The second-order valence-electron chi connectivity index (χ2n) is 7.98. The van der Waals surface area contributed by atoms with Crippen molar-refractivity contribution < 1.29 is 0 Å². The Balaban J connectivity index is 1.95. The monoisotopic (exact) mass is 389 g/mol. The summed E-state index contributed by atoms with van der Waals surface area (Å²) in [4.78, 5) is 19.3. The van der Waals surface area contributed by atoms with E-state index in [-0.39, 0.29) is 11.1 Å². The van der Waals surface area contributed by atoms with Gasteiger partial charge in [0, 0.05) is 10.4 Å². The first-order valence-corrected chi connectivity index (χ1v) is 10.1. The highest BCUT2D eigenvalue weighted by molar-refractivity contribution is 7.22. The van der Waals surface area contributed by atoms with E-state index in [9.17, 15) is 4.79 Å². The summed E-state index contributed by atoms with van der Waals surface area (Å²) in [6.45, 7) is 8.25. The van der Waals surface area contributed by atoms with E-state index in [1.54, 1.807) is 4.57 Å². The molecule has 0 aliphatic rings. The minimum Gasteiger partial charge on any atom is -0.351 e. The smallest absolute Gasteiger partial charge is 0.277 e. The van der Waals surface area contributed by atoms with E-state index in [2.05, 4.69) is 57.3 Å². The second-order valence-corrected chi connectivity index (χ2v) is 9.03. The average Bonchev–Trinajstić information content (AvgIpc) is 3.06. The Morgan fingerprint density at radius 1 is 1.00 bits per heavy atom. The van der Waals surface area contributed by atoms with Crippen molar-refractivity contribution in [3.8, 4) is 16.1 Å². The van der Waals surface area contributed by atoms with E-state index in [1.165, 1.54) is 16.9 Å². The number of para-hydroxylation sites is 1. The van der Waals surface area contributed by atoms with Crippen LogP contribution in [0.2, 0.25) is 0 Å². The van der Waals surface area contributed by atoms with E-state index in [0.29, 0.717) is 10.6 Å². The Labute approximate surface area is 168 Å². The van der Waals surface area contributed by atoms with Gasteiger partial charge in [0.25, 0.3) is 5.56 Å². The van der Waals surface area contributed by atoms with E-state index >= 15 is 0 Å². The summed E-state index contributed by atoms with van der Waals surface area (Å²) in [6.07, 6.45) is 0. The summed E-state index contributed by atoms with van der Waals surface area (Å²) < 4.78 is 2.34. The maximum atomic E-state index is 13.4. The molecule has 0 bridgehead atoms. The topological polar surface area (TPSA) is 46.9 Å². The van der Waals surface area contributed by atoms with E-state index < -0.39 is 0 Å². The fraction of sp³-hybridized carbons (Fsp3) is 0.217. The normalized spacial score (nSPS) is 11.7. The molecule has 4 rings (SSSR count). The number of fused-ring (bicyclic) bond motifs is 1. The maximum Gasteiger partial charge on any atom is 0.277 e. The highest BCUT2D eigenvalue weighted by Gasteiger charge is 2.19. The molecule has 0 atom stereocenters. The summed E-state index contributed by atoms with van der Waals surface area (Å²) in [5.41, 5.74) is 3.57. The number of benzene rings is 2. The van der Waals surface area contributed by atoms with Crippen LogP contribution in [0.25, 0.3) is 26.3 Å². The van der Waals surface area contributed by atoms with Crippen LogP contribution in [0.15, 0.2) is 65.5 Å². The van der Waals surface area contributed by atoms with Crippen LogP contribution in [0.4, 0.5) is 5.95 Å². The molecule has 4 nitrogen and oxygen atoms in total. The molecule has 5 heteroatoms. The molecule has 0 radical (unpaired) electrons. The van der Waals surface area contributed by atoms with E-state index in [4.69, 9.17) is 4.98 Å². The number of aromatic nitrogens is 2. The predicted molar refractivity (Wildman–Crippen MR) is 119 cm³/mol. The Hall–Kier alpha value is -2.92. The van der Waals surface area contributed by atoms with Crippen LogP contribution >= 0.6 is 11.3 Å². The molecule has 28 heavy (non-hydrogen) atoms. The van der Waals surface area contributed by atoms with Gasteiger partial charge in [-0.25, -0.2) is 9.55 Å². The fourth-order valence-electron chi connectivity index (χ4n) is 3.08. The van der Waals surface area contributed by atoms with Gasteiger partial charge in [-0.1, -0.05) is 48.0 Å². The largest absolute Gasteiger partial charge is 0.351 e. The van der Waals surface area contributed by atoms with Crippen molar-refractivity contribution in [3.63, 3.8) is 0 Å². The Kier molecular flexibility index (Phi) is 4.55. The number of hydrogen-bond acceptors (Lipinski definition) is 4. The summed E-state index contributed by atoms with van der Waals surface area (Å²) in [6, 6.07) is 20.0. The molecule has 0 saturated heterocycles. The molecule has 4 aromatic rings. The van der Waals surface area contributed by atoms with Crippen molar-refractivity contribution in [2.45, 2.75) is 33.2 Å². The molecule has 0 spiro atoms. The quantitative estimate of drug-likeness (QED) is 0.494. The fourth-order valence-corrected chi connectivity index (χ4v) is 4.11. The van der Waals surface area contributed by atoms with E-state index in [1.807, 2.05) is 36.4 Å². The SMILES string of the molecule is Cc1ccc(-c2cc3nc(NC(C)(C)C)n(-c4ccccc4)c(=O)c3s2)cc1. The molecule has 142 valence electrons. The van der Waals surface area contributed by atoms with Gasteiger partial charge in [-0.05, 0) is 51.5 Å². The van der Waals surface area contributed by atoms with Crippen molar-refractivity contribution in [2.24, 2.45) is 0 Å².